The highest BCUT2D eigenvalue weighted by molar-refractivity contribution is 6.34. The Hall–Kier alpha value is -3.74. The number of likely N-dealkylation sites (N-methyl/N-ethyl adjacent to an activating group) is 2. The Kier molecular flexibility index (Phi) is 8.33. The van der Waals surface area contributed by atoms with Crippen LogP contribution in [-0.4, -0.2) is 54.8 Å². The zero-order valence-corrected chi connectivity index (χ0v) is 23.9. The lowest BCUT2D eigenvalue weighted by atomic mass is 10.1. The van der Waals surface area contributed by atoms with E-state index in [1.807, 2.05) is 52.2 Å². The maximum atomic E-state index is 13.9. The summed E-state index contributed by atoms with van der Waals surface area (Å²) < 4.78 is 43.3. The number of hydrogen-bond acceptors (Lipinski definition) is 7. The molecule has 13 heteroatoms. The van der Waals surface area contributed by atoms with Crippen molar-refractivity contribution in [2.45, 2.75) is 20.0 Å². The van der Waals surface area contributed by atoms with Crippen LogP contribution in [0.4, 0.5) is 30.2 Å². The minimum absolute atomic E-state index is 0.129. The van der Waals surface area contributed by atoms with Crippen molar-refractivity contribution in [3.05, 3.63) is 75.7 Å². The van der Waals surface area contributed by atoms with Crippen LogP contribution >= 0.6 is 11.6 Å². The molecular weight excluding hydrogens is 545 g/mol. The van der Waals surface area contributed by atoms with Crippen molar-refractivity contribution >= 4 is 40.3 Å². The Balaban J connectivity index is 1.61. The van der Waals surface area contributed by atoms with Crippen molar-refractivity contribution in [1.29, 1.82) is 0 Å². The highest BCUT2D eigenvalue weighted by atomic mass is 35.5. The minimum atomic E-state index is -4.73. The van der Waals surface area contributed by atoms with Gasteiger partial charge in [-0.3, -0.25) is 14.5 Å². The van der Waals surface area contributed by atoms with Gasteiger partial charge in [-0.05, 0) is 57.8 Å². The summed E-state index contributed by atoms with van der Waals surface area (Å²) in [5, 5.41) is 8.32. The maximum Gasteiger partial charge on any atom is 0.417 e. The molecule has 40 heavy (non-hydrogen) atoms. The lowest BCUT2D eigenvalue weighted by Crippen LogP contribution is -2.36. The number of alkyl halides is 3. The number of aromatic nitrogens is 2. The molecule has 0 aliphatic carbocycles. The van der Waals surface area contributed by atoms with E-state index in [9.17, 15) is 18.0 Å². The van der Waals surface area contributed by atoms with Crippen molar-refractivity contribution < 1.29 is 18.0 Å². The molecule has 4 rings (SSSR count). The Bertz CT molecular complexity index is 1450. The van der Waals surface area contributed by atoms with E-state index in [1.165, 1.54) is 6.07 Å². The first-order valence-electron chi connectivity index (χ1n) is 12.5. The van der Waals surface area contributed by atoms with Crippen LogP contribution in [0, 0.1) is 13.8 Å². The van der Waals surface area contributed by atoms with E-state index in [1.54, 1.807) is 40.0 Å². The van der Waals surface area contributed by atoms with E-state index < -0.39 is 22.7 Å². The maximum absolute atomic E-state index is 13.9. The van der Waals surface area contributed by atoms with E-state index >= 15 is 0 Å². The summed E-state index contributed by atoms with van der Waals surface area (Å²) in [7, 11) is 7.23. The molecule has 2 aromatic carbocycles. The molecule has 1 aliphatic rings. The number of amides is 1. The quantitative estimate of drug-likeness (QED) is 0.356. The Morgan fingerprint density at radius 3 is 2.48 bits per heavy atom. The van der Waals surface area contributed by atoms with Gasteiger partial charge in [0, 0.05) is 55.9 Å². The number of nitrogens with zero attached hydrogens (tertiary/aromatic N) is 5. The van der Waals surface area contributed by atoms with E-state index in [4.69, 9.17) is 11.6 Å². The topological polar surface area (TPSA) is 80.7 Å². The molecule has 9 nitrogen and oxygen atoms in total. The molecule has 0 fully saturated rings. The van der Waals surface area contributed by atoms with Gasteiger partial charge < -0.3 is 20.5 Å². The summed E-state index contributed by atoms with van der Waals surface area (Å²) >= 11 is 6.18. The summed E-state index contributed by atoms with van der Waals surface area (Å²) in [5.74, 6) is -0.686. The molecule has 1 aliphatic heterocycles. The van der Waals surface area contributed by atoms with Crippen LogP contribution in [0.3, 0.4) is 0 Å². The molecule has 214 valence electrons. The number of anilines is 3. The van der Waals surface area contributed by atoms with E-state index in [0.717, 1.165) is 34.3 Å². The fourth-order valence-electron chi connectivity index (χ4n) is 4.19. The molecular formula is C27H32ClF3N8O. The summed E-state index contributed by atoms with van der Waals surface area (Å²) in [6.45, 7) is 4.88. The highest BCUT2D eigenvalue weighted by Crippen LogP contribution is 2.40. The van der Waals surface area contributed by atoms with E-state index in [-0.39, 0.29) is 11.3 Å². The second-order valence-corrected chi connectivity index (χ2v) is 10.3. The summed E-state index contributed by atoms with van der Waals surface area (Å²) in [4.78, 5) is 16.7. The molecule has 0 radical (unpaired) electrons. The van der Waals surface area contributed by atoms with Crippen molar-refractivity contribution in [3.63, 3.8) is 0 Å². The first kappa shape index (κ1) is 29.2. The largest absolute Gasteiger partial charge is 0.417 e. The molecule has 0 bridgehead atoms. The number of halogens is 4. The van der Waals surface area contributed by atoms with Gasteiger partial charge in [0.05, 0.1) is 33.9 Å². The number of carbonyl (C=O) groups is 1. The number of hydrazine groups is 2. The van der Waals surface area contributed by atoms with Gasteiger partial charge in [-0.25, -0.2) is 0 Å². The van der Waals surface area contributed by atoms with Crippen molar-refractivity contribution in [2.75, 3.05) is 49.5 Å². The van der Waals surface area contributed by atoms with Crippen molar-refractivity contribution in [1.82, 2.24) is 25.6 Å². The van der Waals surface area contributed by atoms with Crippen molar-refractivity contribution in [3.8, 4) is 0 Å². The molecule has 3 aromatic rings. The van der Waals surface area contributed by atoms with Gasteiger partial charge in [-0.1, -0.05) is 17.7 Å². The number of rotatable bonds is 8. The number of carbonyl (C=O) groups excluding carboxylic acids is 1. The van der Waals surface area contributed by atoms with Crippen LogP contribution < -0.4 is 26.2 Å². The average molecular weight is 577 g/mol. The van der Waals surface area contributed by atoms with Crippen LogP contribution in [0.25, 0.3) is 5.70 Å². The molecule has 1 aromatic heterocycles. The number of hydrogen-bond donors (Lipinski definition) is 3. The molecule has 2 heterocycles. The van der Waals surface area contributed by atoms with Gasteiger partial charge in [0.15, 0.2) is 0 Å². The predicted molar refractivity (Wildman–Crippen MR) is 152 cm³/mol. The van der Waals surface area contributed by atoms with Gasteiger partial charge in [0.2, 0.25) is 0 Å². The van der Waals surface area contributed by atoms with Crippen LogP contribution in [0.5, 0.6) is 0 Å². The molecule has 3 N–H and O–H groups in total. The normalized spacial score (nSPS) is 13.5. The summed E-state index contributed by atoms with van der Waals surface area (Å²) in [6, 6.07) is 7.42. The lowest BCUT2D eigenvalue weighted by molar-refractivity contribution is -0.137. The summed E-state index contributed by atoms with van der Waals surface area (Å²) in [5.41, 5.74) is 9.88. The molecule has 0 saturated carbocycles. The Morgan fingerprint density at radius 2 is 1.85 bits per heavy atom. The Morgan fingerprint density at radius 1 is 1.12 bits per heavy atom. The van der Waals surface area contributed by atoms with Crippen LogP contribution in [0.1, 0.15) is 32.7 Å². The highest BCUT2D eigenvalue weighted by Gasteiger charge is 2.36. The number of aryl methyl sites for hydroxylation is 2. The molecule has 0 atom stereocenters. The SMILES string of the molecule is Cc1ccc(NC(=O)c2cc(N(C)CCN(C)C)c(Cl)c(C(F)(F)F)c2)cc1N1C=C(c2cnn(C)c2C)NN1. The van der Waals surface area contributed by atoms with Crippen LogP contribution in [0.15, 0.2) is 42.7 Å². The fraction of sp³-hybridized carbons (Fsp3) is 0.333. The van der Waals surface area contributed by atoms with Crippen LogP contribution in [-0.2, 0) is 13.2 Å². The fourth-order valence-corrected chi connectivity index (χ4v) is 4.55. The standard InChI is InChI=1S/C27H32ClF3N8O/c1-16-7-8-19(13-23(16)39-15-22(34-35-39)20-14-32-38(6)17(20)2)33-26(40)18-11-21(27(29,30)31)25(28)24(12-18)37(5)10-9-36(3)4/h7-8,11-15,34-35H,9-10H2,1-6H3,(H,33,40). The molecule has 0 saturated heterocycles. The predicted octanol–water partition coefficient (Wildman–Crippen LogP) is 4.79. The average Bonchev–Trinajstić information content (AvgIpc) is 3.49. The van der Waals surface area contributed by atoms with Gasteiger partial charge in [-0.2, -0.15) is 18.3 Å². The first-order chi connectivity index (χ1) is 18.8. The monoisotopic (exact) mass is 576 g/mol. The third-order valence-electron chi connectivity index (χ3n) is 6.74. The lowest BCUT2D eigenvalue weighted by Gasteiger charge is -2.25. The smallest absolute Gasteiger partial charge is 0.372 e. The zero-order valence-electron chi connectivity index (χ0n) is 23.1. The molecule has 0 unspecified atom stereocenters. The molecule has 0 spiro atoms. The molecule has 1 amide bonds. The summed E-state index contributed by atoms with van der Waals surface area (Å²) in [6.07, 6.45) is -1.11. The van der Waals surface area contributed by atoms with Gasteiger partial charge in [0.1, 0.15) is 0 Å². The zero-order chi connectivity index (χ0) is 29.4. The second kappa shape index (κ2) is 11.4. The van der Waals surface area contributed by atoms with E-state index in [2.05, 4.69) is 21.4 Å². The number of benzene rings is 2. The van der Waals surface area contributed by atoms with Gasteiger partial charge in [0.25, 0.3) is 5.91 Å². The van der Waals surface area contributed by atoms with E-state index in [0.29, 0.717) is 18.8 Å². The van der Waals surface area contributed by atoms with Crippen molar-refractivity contribution in [2.24, 2.45) is 7.05 Å². The number of nitrogens with one attached hydrogen (secondary N) is 3. The minimum Gasteiger partial charge on any atom is -0.372 e. The third kappa shape index (κ3) is 6.19. The second-order valence-electron chi connectivity index (χ2n) is 9.95. The van der Waals surface area contributed by atoms with Gasteiger partial charge >= 0.3 is 6.18 Å². The Labute approximate surface area is 236 Å². The third-order valence-corrected chi connectivity index (χ3v) is 7.13. The van der Waals surface area contributed by atoms with Gasteiger partial charge in [-0.15, -0.1) is 5.53 Å². The first-order valence-corrected chi connectivity index (χ1v) is 12.8. The van der Waals surface area contributed by atoms with Crippen LogP contribution in [0.2, 0.25) is 5.02 Å².